The van der Waals surface area contributed by atoms with Crippen LogP contribution in [0.25, 0.3) is 0 Å². The molecule has 5 heteroatoms. The van der Waals surface area contributed by atoms with Crippen molar-refractivity contribution in [3.8, 4) is 0 Å². The van der Waals surface area contributed by atoms with Gasteiger partial charge >= 0.3 is 7.12 Å². The lowest BCUT2D eigenvalue weighted by atomic mass is 9.77. The Hall–Kier alpha value is 0.115. The maximum absolute atomic E-state index is 6.10. The number of likely N-dealkylation sites (N-methyl/N-ethyl adjacent to an activating group) is 1. The number of hydrogen-bond donors (Lipinski definition) is 0. The summed E-state index contributed by atoms with van der Waals surface area (Å²) in [5.41, 5.74) is 0.693. The molecule has 1 aliphatic heterocycles. The summed E-state index contributed by atoms with van der Waals surface area (Å²) < 4.78 is 14.4. The Labute approximate surface area is 115 Å². The summed E-state index contributed by atoms with van der Waals surface area (Å²) in [6.45, 7) is 14.5. The van der Waals surface area contributed by atoms with Gasteiger partial charge in [-0.1, -0.05) is 29.3 Å². The minimum atomic E-state index is -0.261. The third-order valence-corrected chi connectivity index (χ3v) is 4.36. The van der Waals surface area contributed by atoms with Crippen LogP contribution in [0.1, 0.15) is 48.0 Å². The minimum absolute atomic E-state index is 0.218. The highest BCUT2D eigenvalue weighted by atomic mass is 31.0. The van der Waals surface area contributed by atoms with E-state index < -0.39 is 0 Å². The standard InChI is InChI=1S/C13H27BNO2P/c1-7-9-11(10-15(18)8-2)14-16-12(3,4)13(5,6)17-14/h9H,7-8,10,18H2,1-6H3/b11-9+. The minimum Gasteiger partial charge on any atom is -0.400 e. The molecule has 104 valence electrons. The highest BCUT2D eigenvalue weighted by Gasteiger charge is 2.52. The van der Waals surface area contributed by atoms with Crippen LogP contribution < -0.4 is 0 Å². The maximum Gasteiger partial charge on any atom is 0.491 e. The molecule has 0 spiro atoms. The highest BCUT2D eigenvalue weighted by Crippen LogP contribution is 2.38. The fourth-order valence-corrected chi connectivity index (χ4v) is 2.05. The average Bonchev–Trinajstić information content (AvgIpc) is 2.47. The monoisotopic (exact) mass is 271 g/mol. The van der Waals surface area contributed by atoms with Crippen molar-refractivity contribution in [2.24, 2.45) is 0 Å². The molecular weight excluding hydrogens is 244 g/mol. The SMILES string of the molecule is CC/C=C(\CN(P)CC)B1OC(C)(C)C(C)(C)O1. The molecule has 3 nitrogen and oxygen atoms in total. The van der Waals surface area contributed by atoms with Crippen LogP contribution in [-0.2, 0) is 9.31 Å². The molecule has 0 aromatic heterocycles. The van der Waals surface area contributed by atoms with E-state index >= 15 is 0 Å². The first-order valence-corrected chi connectivity index (χ1v) is 7.29. The smallest absolute Gasteiger partial charge is 0.400 e. The summed E-state index contributed by atoms with van der Waals surface area (Å²) in [5.74, 6) is 0. The third-order valence-electron chi connectivity index (χ3n) is 3.81. The molecule has 1 atom stereocenters. The molecule has 0 amide bonds. The van der Waals surface area contributed by atoms with Gasteiger partial charge in [0, 0.05) is 6.54 Å². The van der Waals surface area contributed by atoms with Crippen LogP contribution >= 0.6 is 9.39 Å². The topological polar surface area (TPSA) is 21.7 Å². The molecule has 1 rings (SSSR count). The number of rotatable bonds is 5. The van der Waals surface area contributed by atoms with Gasteiger partial charge < -0.3 is 9.31 Å². The van der Waals surface area contributed by atoms with Crippen molar-refractivity contribution < 1.29 is 9.31 Å². The van der Waals surface area contributed by atoms with E-state index in [4.69, 9.17) is 9.31 Å². The quantitative estimate of drug-likeness (QED) is 0.566. The van der Waals surface area contributed by atoms with Gasteiger partial charge in [0.1, 0.15) is 0 Å². The molecule has 0 aromatic rings. The van der Waals surface area contributed by atoms with Crippen LogP contribution in [0.4, 0.5) is 0 Å². The molecule has 0 saturated carbocycles. The van der Waals surface area contributed by atoms with E-state index in [0.29, 0.717) is 0 Å². The van der Waals surface area contributed by atoms with Gasteiger partial charge in [-0.25, -0.2) is 0 Å². The normalized spacial score (nSPS) is 22.9. The van der Waals surface area contributed by atoms with Gasteiger partial charge in [-0.05, 0) is 46.1 Å². The van der Waals surface area contributed by atoms with Crippen LogP contribution in [0.3, 0.4) is 0 Å². The fraction of sp³-hybridized carbons (Fsp3) is 0.846. The van der Waals surface area contributed by atoms with Crippen molar-refractivity contribution in [3.05, 3.63) is 11.5 Å². The number of nitrogens with zero attached hydrogens (tertiary/aromatic N) is 1. The van der Waals surface area contributed by atoms with Crippen molar-refractivity contribution in [2.45, 2.75) is 59.2 Å². The highest BCUT2D eigenvalue weighted by molar-refractivity contribution is 7.13. The van der Waals surface area contributed by atoms with Crippen LogP contribution in [-0.4, -0.2) is 36.1 Å². The lowest BCUT2D eigenvalue weighted by Gasteiger charge is -2.32. The van der Waals surface area contributed by atoms with Crippen LogP contribution in [0.15, 0.2) is 11.5 Å². The van der Waals surface area contributed by atoms with E-state index in [0.717, 1.165) is 19.5 Å². The number of hydrogen-bond acceptors (Lipinski definition) is 3. The van der Waals surface area contributed by atoms with Crippen LogP contribution in [0.2, 0.25) is 0 Å². The molecule has 18 heavy (non-hydrogen) atoms. The first-order valence-electron chi connectivity index (χ1n) is 6.77. The molecule has 0 radical (unpaired) electrons. The van der Waals surface area contributed by atoms with Gasteiger partial charge in [0.25, 0.3) is 0 Å². The molecule has 1 fully saturated rings. The largest absolute Gasteiger partial charge is 0.491 e. The fourth-order valence-electron chi connectivity index (χ4n) is 1.84. The Morgan fingerprint density at radius 2 is 1.67 bits per heavy atom. The van der Waals surface area contributed by atoms with E-state index in [2.05, 4.69) is 61.7 Å². The second-order valence-corrected chi connectivity index (χ2v) is 6.57. The Balaban J connectivity index is 2.82. The predicted octanol–water partition coefficient (Wildman–Crippen LogP) is 3.07. The van der Waals surface area contributed by atoms with Gasteiger partial charge in [-0.3, -0.25) is 4.67 Å². The Kier molecular flexibility index (Phi) is 5.43. The summed E-state index contributed by atoms with van der Waals surface area (Å²) in [7, 11) is 2.53. The van der Waals surface area contributed by atoms with Gasteiger partial charge in [-0.2, -0.15) is 0 Å². The lowest BCUT2D eigenvalue weighted by Crippen LogP contribution is -2.41. The van der Waals surface area contributed by atoms with Gasteiger partial charge in [-0.15, -0.1) is 0 Å². The summed E-state index contributed by atoms with van der Waals surface area (Å²) in [6.07, 6.45) is 3.22. The lowest BCUT2D eigenvalue weighted by molar-refractivity contribution is 0.00578. The molecule has 1 saturated heterocycles. The maximum atomic E-state index is 6.10. The second-order valence-electron chi connectivity index (χ2n) is 5.84. The van der Waals surface area contributed by atoms with E-state index in [1.807, 2.05) is 0 Å². The van der Waals surface area contributed by atoms with Gasteiger partial charge in [0.05, 0.1) is 11.2 Å². The average molecular weight is 271 g/mol. The molecule has 1 unspecified atom stereocenters. The van der Waals surface area contributed by atoms with E-state index in [9.17, 15) is 0 Å². The Morgan fingerprint density at radius 1 is 1.17 bits per heavy atom. The first kappa shape index (κ1) is 16.2. The molecule has 0 aromatic carbocycles. The zero-order chi connectivity index (χ0) is 14.0. The summed E-state index contributed by atoms with van der Waals surface area (Å²) in [5, 5.41) is 0. The van der Waals surface area contributed by atoms with Crippen molar-refractivity contribution in [1.82, 2.24) is 4.67 Å². The van der Waals surface area contributed by atoms with Crippen LogP contribution in [0, 0.1) is 0 Å². The Morgan fingerprint density at radius 3 is 2.06 bits per heavy atom. The zero-order valence-electron chi connectivity index (χ0n) is 12.6. The molecule has 1 heterocycles. The van der Waals surface area contributed by atoms with E-state index in [1.165, 1.54) is 5.47 Å². The Bertz CT molecular complexity index is 302. The van der Waals surface area contributed by atoms with Crippen molar-refractivity contribution >= 4 is 16.5 Å². The second kappa shape index (κ2) is 6.05. The predicted molar refractivity (Wildman–Crippen MR) is 81.4 cm³/mol. The molecular formula is C13H27BNO2P. The first-order chi connectivity index (χ1) is 8.23. The number of allylic oxidation sites excluding steroid dienone is 1. The molecule has 0 bridgehead atoms. The third kappa shape index (κ3) is 3.57. The van der Waals surface area contributed by atoms with E-state index in [1.54, 1.807) is 0 Å². The van der Waals surface area contributed by atoms with Crippen molar-refractivity contribution in [3.63, 3.8) is 0 Å². The molecule has 0 aliphatic carbocycles. The van der Waals surface area contributed by atoms with Crippen LogP contribution in [0.5, 0.6) is 0 Å². The zero-order valence-corrected chi connectivity index (χ0v) is 13.8. The summed E-state index contributed by atoms with van der Waals surface area (Å²) in [6, 6.07) is 0. The molecule has 1 aliphatic rings. The van der Waals surface area contributed by atoms with Crippen molar-refractivity contribution in [2.75, 3.05) is 13.1 Å². The molecule has 0 N–H and O–H groups in total. The van der Waals surface area contributed by atoms with Gasteiger partial charge in [0.2, 0.25) is 0 Å². The van der Waals surface area contributed by atoms with E-state index in [-0.39, 0.29) is 18.3 Å². The van der Waals surface area contributed by atoms with Crippen molar-refractivity contribution in [1.29, 1.82) is 0 Å². The van der Waals surface area contributed by atoms with Gasteiger partial charge in [0.15, 0.2) is 0 Å². The summed E-state index contributed by atoms with van der Waals surface area (Å²) >= 11 is 0. The summed E-state index contributed by atoms with van der Waals surface area (Å²) in [4.78, 5) is 0.